The molecule has 4 unspecified atom stereocenters. The number of terminal acetylenes is 1. The Morgan fingerprint density at radius 2 is 1.50 bits per heavy atom. The van der Waals surface area contributed by atoms with Crippen LogP contribution in [0.15, 0.2) is 60.8 Å². The van der Waals surface area contributed by atoms with Gasteiger partial charge >= 0.3 is 0 Å². The van der Waals surface area contributed by atoms with Gasteiger partial charge in [0.1, 0.15) is 5.60 Å². The Bertz CT molecular complexity index is 513. The van der Waals surface area contributed by atoms with Gasteiger partial charge in [-0.2, -0.15) is 0 Å². The van der Waals surface area contributed by atoms with E-state index >= 15 is 0 Å². The Labute approximate surface area is 135 Å². The molecule has 1 heteroatoms. The van der Waals surface area contributed by atoms with Crippen molar-refractivity contribution < 1.29 is 5.11 Å². The van der Waals surface area contributed by atoms with Gasteiger partial charge in [-0.1, -0.05) is 81.4 Å². The van der Waals surface area contributed by atoms with Crippen LogP contribution < -0.4 is 0 Å². The van der Waals surface area contributed by atoms with Crippen molar-refractivity contribution in [1.82, 2.24) is 0 Å². The first-order valence-corrected chi connectivity index (χ1v) is 8.04. The third kappa shape index (κ3) is 6.33. The van der Waals surface area contributed by atoms with Crippen LogP contribution in [-0.4, -0.2) is 10.7 Å². The fourth-order valence-corrected chi connectivity index (χ4v) is 2.24. The monoisotopic (exact) mass is 296 g/mol. The lowest BCUT2D eigenvalue weighted by molar-refractivity contribution is 0.114. The molecule has 0 bridgehead atoms. The van der Waals surface area contributed by atoms with Crippen LogP contribution in [0.4, 0.5) is 0 Å². The molecule has 0 aliphatic heterocycles. The molecule has 1 aliphatic rings. The van der Waals surface area contributed by atoms with E-state index in [9.17, 15) is 5.11 Å². The minimum absolute atomic E-state index is 0.139. The Morgan fingerprint density at radius 3 is 2.18 bits per heavy atom. The molecule has 0 saturated carbocycles. The summed E-state index contributed by atoms with van der Waals surface area (Å²) in [5.41, 5.74) is -1.23. The third-order valence-corrected chi connectivity index (χ3v) is 3.95. The van der Waals surface area contributed by atoms with Gasteiger partial charge in [0.2, 0.25) is 0 Å². The van der Waals surface area contributed by atoms with Gasteiger partial charge in [-0.05, 0) is 30.8 Å². The quantitative estimate of drug-likeness (QED) is 0.501. The van der Waals surface area contributed by atoms with Crippen LogP contribution in [0.5, 0.6) is 0 Å². The van der Waals surface area contributed by atoms with Gasteiger partial charge in [-0.15, -0.1) is 6.42 Å². The number of hydrogen-bond donors (Lipinski definition) is 1. The zero-order valence-electron chi connectivity index (χ0n) is 13.9. The zero-order valence-corrected chi connectivity index (χ0v) is 13.9. The summed E-state index contributed by atoms with van der Waals surface area (Å²) >= 11 is 0. The van der Waals surface area contributed by atoms with Crippen LogP contribution in [0.2, 0.25) is 0 Å². The third-order valence-electron chi connectivity index (χ3n) is 3.95. The van der Waals surface area contributed by atoms with Gasteiger partial charge in [-0.25, -0.2) is 0 Å². The van der Waals surface area contributed by atoms with Crippen molar-refractivity contribution in [2.24, 2.45) is 17.8 Å². The number of hydrogen-bond acceptors (Lipinski definition) is 1. The summed E-state index contributed by atoms with van der Waals surface area (Å²) in [6, 6.07) is 0. The summed E-state index contributed by atoms with van der Waals surface area (Å²) < 4.78 is 0. The van der Waals surface area contributed by atoms with E-state index in [0.29, 0.717) is 11.8 Å². The highest BCUT2D eigenvalue weighted by Crippen LogP contribution is 2.21. The van der Waals surface area contributed by atoms with E-state index in [-0.39, 0.29) is 5.92 Å². The van der Waals surface area contributed by atoms with E-state index < -0.39 is 5.60 Å². The molecule has 1 nitrogen and oxygen atoms in total. The molecule has 0 aromatic heterocycles. The van der Waals surface area contributed by atoms with Crippen molar-refractivity contribution in [2.75, 3.05) is 0 Å². The van der Waals surface area contributed by atoms with Crippen LogP contribution in [0.1, 0.15) is 33.6 Å². The Morgan fingerprint density at radius 1 is 0.909 bits per heavy atom. The second-order valence-electron chi connectivity index (χ2n) is 6.17. The molecule has 0 saturated heterocycles. The molecular weight excluding hydrogens is 268 g/mol. The predicted octanol–water partition coefficient (Wildman–Crippen LogP) is 4.83. The molecule has 22 heavy (non-hydrogen) atoms. The first-order valence-electron chi connectivity index (χ1n) is 8.04. The average molecular weight is 296 g/mol. The second kappa shape index (κ2) is 9.28. The van der Waals surface area contributed by atoms with Crippen molar-refractivity contribution >= 4 is 0 Å². The molecule has 4 atom stereocenters. The molecule has 0 aromatic carbocycles. The van der Waals surface area contributed by atoms with Crippen molar-refractivity contribution in [3.8, 4) is 12.3 Å². The molecule has 1 rings (SSSR count). The van der Waals surface area contributed by atoms with Crippen LogP contribution >= 0.6 is 0 Å². The summed E-state index contributed by atoms with van der Waals surface area (Å²) in [6.07, 6.45) is 27.8. The van der Waals surface area contributed by atoms with E-state index in [1.807, 2.05) is 37.3 Å². The van der Waals surface area contributed by atoms with Gasteiger partial charge in [0, 0.05) is 5.92 Å². The predicted molar refractivity (Wildman–Crippen MR) is 96.2 cm³/mol. The lowest BCUT2D eigenvalue weighted by Crippen LogP contribution is -2.31. The highest BCUT2D eigenvalue weighted by molar-refractivity contribution is 5.25. The first kappa shape index (κ1) is 18.3. The summed E-state index contributed by atoms with van der Waals surface area (Å²) in [5, 5.41) is 10.5. The van der Waals surface area contributed by atoms with Crippen molar-refractivity contribution in [1.29, 1.82) is 0 Å². The number of allylic oxidation sites excluding steroid dienone is 8. The Kier molecular flexibility index (Phi) is 7.71. The molecule has 0 amide bonds. The van der Waals surface area contributed by atoms with Crippen molar-refractivity contribution in [2.45, 2.75) is 39.2 Å². The van der Waals surface area contributed by atoms with Gasteiger partial charge < -0.3 is 5.11 Å². The molecule has 118 valence electrons. The van der Waals surface area contributed by atoms with Crippen LogP contribution in [0.25, 0.3) is 0 Å². The van der Waals surface area contributed by atoms with E-state index in [4.69, 9.17) is 6.42 Å². The minimum atomic E-state index is -1.23. The molecule has 0 aromatic rings. The summed E-state index contributed by atoms with van der Waals surface area (Å²) in [6.45, 7) is 6.32. The molecular formula is C21H28O. The molecule has 0 heterocycles. The zero-order chi connectivity index (χ0) is 16.4. The Hall–Kier alpha value is -1.78. The maximum Gasteiger partial charge on any atom is 0.149 e. The molecule has 0 radical (unpaired) electrons. The van der Waals surface area contributed by atoms with E-state index in [0.717, 1.165) is 12.8 Å². The van der Waals surface area contributed by atoms with Crippen LogP contribution in [0.3, 0.4) is 0 Å². The maximum absolute atomic E-state index is 10.5. The van der Waals surface area contributed by atoms with Crippen molar-refractivity contribution in [3.63, 3.8) is 0 Å². The second-order valence-corrected chi connectivity index (χ2v) is 6.17. The molecule has 0 fully saturated rings. The number of aliphatic hydroxyl groups is 1. The van der Waals surface area contributed by atoms with Gasteiger partial charge in [-0.3, -0.25) is 0 Å². The molecule has 0 spiro atoms. The van der Waals surface area contributed by atoms with Gasteiger partial charge in [0.25, 0.3) is 0 Å². The lowest BCUT2D eigenvalue weighted by atomic mass is 9.88. The largest absolute Gasteiger partial charge is 0.373 e. The van der Waals surface area contributed by atoms with Gasteiger partial charge in [0.05, 0.1) is 0 Å². The fourth-order valence-electron chi connectivity index (χ4n) is 2.24. The SMILES string of the molecule is C#CC1(O)/C=C\CC(C)/C=C\CC(C)\C=C/C=C\C=C/C1C. The topological polar surface area (TPSA) is 20.2 Å². The summed E-state index contributed by atoms with van der Waals surface area (Å²) in [4.78, 5) is 0. The minimum Gasteiger partial charge on any atom is -0.373 e. The normalized spacial score (nSPS) is 41.0. The molecule has 1 aliphatic carbocycles. The van der Waals surface area contributed by atoms with E-state index in [1.54, 1.807) is 6.08 Å². The highest BCUT2D eigenvalue weighted by Gasteiger charge is 2.26. The lowest BCUT2D eigenvalue weighted by Gasteiger charge is -2.23. The number of rotatable bonds is 0. The molecule has 1 N–H and O–H groups in total. The summed E-state index contributed by atoms with van der Waals surface area (Å²) in [5.74, 6) is 3.35. The smallest absolute Gasteiger partial charge is 0.149 e. The first-order chi connectivity index (χ1) is 10.5. The van der Waals surface area contributed by atoms with Gasteiger partial charge in [0.15, 0.2) is 0 Å². The van der Waals surface area contributed by atoms with E-state index in [1.165, 1.54) is 0 Å². The summed E-state index contributed by atoms with van der Waals surface area (Å²) in [7, 11) is 0. The van der Waals surface area contributed by atoms with Crippen LogP contribution in [0, 0.1) is 30.1 Å². The highest BCUT2D eigenvalue weighted by atomic mass is 16.3. The fraction of sp³-hybridized carbons (Fsp3) is 0.429. The maximum atomic E-state index is 10.5. The Balaban J connectivity index is 2.96. The average Bonchev–Trinajstić information content (AvgIpc) is 2.49. The standard InChI is InChI=1S/C21H28O/c1-5-21(22)17-11-15-19(3)14-10-13-18(2)12-8-6-7-9-16-20(21)4/h1,6-12,14,16-20,22H,13,15H2,2-4H3/b7-6-,12-8-,14-10-,16-9-,17-11-. The van der Waals surface area contributed by atoms with Crippen molar-refractivity contribution in [3.05, 3.63) is 60.8 Å². The van der Waals surface area contributed by atoms with Crippen LogP contribution in [-0.2, 0) is 0 Å². The van der Waals surface area contributed by atoms with E-state index in [2.05, 4.69) is 44.1 Å².